The van der Waals surface area contributed by atoms with Gasteiger partial charge < -0.3 is 14.6 Å². The van der Waals surface area contributed by atoms with Gasteiger partial charge in [0.05, 0.1) is 12.3 Å². The van der Waals surface area contributed by atoms with Crippen LogP contribution in [-0.4, -0.2) is 28.8 Å². The van der Waals surface area contributed by atoms with E-state index in [9.17, 15) is 14.7 Å². The van der Waals surface area contributed by atoms with Crippen molar-refractivity contribution in [1.82, 2.24) is 4.98 Å². The molecule has 192 valence electrons. The summed E-state index contributed by atoms with van der Waals surface area (Å²) in [6, 6.07) is 19.4. The third kappa shape index (κ3) is 4.93. The first kappa shape index (κ1) is 25.0. The van der Waals surface area contributed by atoms with E-state index in [1.807, 2.05) is 55.5 Å². The Bertz CT molecular complexity index is 1520. The number of nitrogens with zero attached hydrogens (tertiary/aromatic N) is 1. The average Bonchev–Trinajstić information content (AvgIpc) is 3.31. The minimum absolute atomic E-state index is 0.0444. The molecule has 0 saturated carbocycles. The lowest BCUT2D eigenvalue weighted by atomic mass is 9.94. The van der Waals surface area contributed by atoms with Gasteiger partial charge in [-0.1, -0.05) is 55.5 Å². The monoisotopic (exact) mass is 512 g/mol. The number of ether oxygens (including phenoxy) is 2. The number of pyridine rings is 1. The number of carbonyl (C=O) groups excluding carboxylic acids is 1. The summed E-state index contributed by atoms with van der Waals surface area (Å²) in [6.45, 7) is 2.63. The zero-order valence-electron chi connectivity index (χ0n) is 20.7. The first-order valence-electron chi connectivity index (χ1n) is 12.2. The van der Waals surface area contributed by atoms with Crippen LogP contribution < -0.4 is 10.1 Å². The van der Waals surface area contributed by atoms with E-state index in [4.69, 9.17) is 9.47 Å². The Morgan fingerprint density at radius 1 is 1.03 bits per heavy atom. The van der Waals surface area contributed by atoms with Crippen molar-refractivity contribution in [2.45, 2.75) is 26.4 Å². The van der Waals surface area contributed by atoms with Crippen LogP contribution in [0.4, 0.5) is 14.9 Å². The number of carboxylic acids is 1. The van der Waals surface area contributed by atoms with Crippen LogP contribution in [0.15, 0.2) is 72.9 Å². The quantitative estimate of drug-likeness (QED) is 0.240. The first-order chi connectivity index (χ1) is 18.5. The van der Waals surface area contributed by atoms with E-state index >= 15 is 4.39 Å². The smallest absolute Gasteiger partial charge is 0.412 e. The highest BCUT2D eigenvalue weighted by molar-refractivity contribution is 5.98. The van der Waals surface area contributed by atoms with Gasteiger partial charge in [0.25, 0.3) is 0 Å². The lowest BCUT2D eigenvalue weighted by Crippen LogP contribution is -2.15. The molecule has 0 atom stereocenters. The number of hydrogen-bond donors (Lipinski definition) is 2. The molecule has 0 fully saturated rings. The maximum atomic E-state index is 15.8. The molecule has 0 unspecified atom stereocenters. The molecule has 1 aromatic heterocycles. The number of carboxylic acid groups (broad SMARTS) is 1. The number of carbonyl (C=O) groups is 2. The molecule has 0 radical (unpaired) electrons. The Morgan fingerprint density at radius 3 is 2.61 bits per heavy atom. The van der Waals surface area contributed by atoms with Gasteiger partial charge in [0.1, 0.15) is 12.4 Å². The molecule has 0 saturated heterocycles. The zero-order valence-corrected chi connectivity index (χ0v) is 20.7. The van der Waals surface area contributed by atoms with E-state index in [-0.39, 0.29) is 23.6 Å². The maximum Gasteiger partial charge on any atom is 0.412 e. The van der Waals surface area contributed by atoms with E-state index in [0.717, 1.165) is 23.1 Å². The van der Waals surface area contributed by atoms with Crippen LogP contribution in [0.1, 0.15) is 40.5 Å². The highest BCUT2D eigenvalue weighted by atomic mass is 19.1. The van der Waals surface area contributed by atoms with Crippen LogP contribution in [0.5, 0.6) is 5.75 Å². The normalized spacial score (nSPS) is 11.4. The Morgan fingerprint density at radius 2 is 1.84 bits per heavy atom. The Kier molecular flexibility index (Phi) is 7.04. The molecule has 0 bridgehead atoms. The summed E-state index contributed by atoms with van der Waals surface area (Å²) in [5, 5.41) is 12.2. The fourth-order valence-corrected chi connectivity index (χ4v) is 4.59. The second kappa shape index (κ2) is 10.7. The number of fused-ring (bicyclic) bond motifs is 3. The van der Waals surface area contributed by atoms with Crippen LogP contribution >= 0.6 is 0 Å². The van der Waals surface area contributed by atoms with Crippen LogP contribution in [-0.2, 0) is 17.8 Å². The molecule has 1 aliphatic rings. The minimum Gasteiger partial charge on any atom is -0.494 e. The fourth-order valence-electron chi connectivity index (χ4n) is 4.59. The lowest BCUT2D eigenvalue weighted by Gasteiger charge is -2.15. The number of anilines is 1. The minimum atomic E-state index is -1.15. The van der Waals surface area contributed by atoms with Crippen molar-refractivity contribution in [3.05, 3.63) is 101 Å². The summed E-state index contributed by atoms with van der Waals surface area (Å²) in [5.74, 6) is -1.14. The first-order valence-corrected chi connectivity index (χ1v) is 12.2. The summed E-state index contributed by atoms with van der Waals surface area (Å²) in [6.07, 6.45) is 1.77. The van der Waals surface area contributed by atoms with Gasteiger partial charge in [-0.05, 0) is 52.4 Å². The van der Waals surface area contributed by atoms with Crippen molar-refractivity contribution in [3.63, 3.8) is 0 Å². The number of rotatable bonds is 8. The topological polar surface area (TPSA) is 97.8 Å². The largest absolute Gasteiger partial charge is 0.494 e. The zero-order chi connectivity index (χ0) is 26.6. The SMILES string of the molecule is CCCOc1ccc2c(c1)Cc1c(C(=O)O)ncc(-c3cccc(NC(=O)OCc4ccccc4)c3F)c1-2. The van der Waals surface area contributed by atoms with Crippen molar-refractivity contribution in [2.75, 3.05) is 11.9 Å². The van der Waals surface area contributed by atoms with E-state index in [0.29, 0.717) is 35.5 Å². The highest BCUT2D eigenvalue weighted by Crippen LogP contribution is 2.46. The highest BCUT2D eigenvalue weighted by Gasteiger charge is 2.30. The molecule has 1 amide bonds. The van der Waals surface area contributed by atoms with Crippen LogP contribution in [0, 0.1) is 5.82 Å². The van der Waals surface area contributed by atoms with E-state index in [2.05, 4.69) is 10.3 Å². The molecule has 1 heterocycles. The van der Waals surface area contributed by atoms with Gasteiger partial charge >= 0.3 is 12.1 Å². The van der Waals surface area contributed by atoms with Gasteiger partial charge in [-0.2, -0.15) is 0 Å². The predicted octanol–water partition coefficient (Wildman–Crippen LogP) is 6.69. The number of aromatic nitrogens is 1. The summed E-state index contributed by atoms with van der Waals surface area (Å²) in [5.41, 5.74) is 4.09. The number of aromatic carboxylic acids is 1. The third-order valence-electron chi connectivity index (χ3n) is 6.31. The van der Waals surface area contributed by atoms with Gasteiger partial charge in [-0.15, -0.1) is 0 Å². The molecule has 0 spiro atoms. The second-order valence-corrected chi connectivity index (χ2v) is 8.88. The van der Waals surface area contributed by atoms with Gasteiger partial charge in [0.15, 0.2) is 11.5 Å². The van der Waals surface area contributed by atoms with E-state index in [1.165, 1.54) is 12.3 Å². The molecule has 38 heavy (non-hydrogen) atoms. The van der Waals surface area contributed by atoms with Crippen molar-refractivity contribution in [3.8, 4) is 28.0 Å². The summed E-state index contributed by atoms with van der Waals surface area (Å²) in [7, 11) is 0. The molecule has 5 rings (SSSR count). The molecule has 0 aliphatic heterocycles. The van der Waals surface area contributed by atoms with Crippen molar-refractivity contribution in [1.29, 1.82) is 0 Å². The summed E-state index contributed by atoms with van der Waals surface area (Å²) in [4.78, 5) is 28.5. The fraction of sp³-hybridized carbons (Fsp3) is 0.167. The molecular formula is C30H25FN2O5. The molecule has 2 N–H and O–H groups in total. The number of nitrogens with one attached hydrogen (secondary N) is 1. The predicted molar refractivity (Wildman–Crippen MR) is 141 cm³/mol. The molecule has 1 aliphatic carbocycles. The van der Waals surface area contributed by atoms with Gasteiger partial charge in [-0.3, -0.25) is 5.32 Å². The van der Waals surface area contributed by atoms with Crippen molar-refractivity contribution < 1.29 is 28.6 Å². The standard InChI is InChI=1S/C30H25FN2O5/c1-2-13-37-20-11-12-21-19(14-20)15-23-26(21)24(16-32-28(23)29(34)35)22-9-6-10-25(27(22)31)33-30(36)38-17-18-7-4-3-5-8-18/h3-12,14,16H,2,13,15,17H2,1H3,(H,33,36)(H,34,35). The van der Waals surface area contributed by atoms with Crippen LogP contribution in [0.2, 0.25) is 0 Å². The van der Waals surface area contributed by atoms with Crippen LogP contribution in [0.25, 0.3) is 22.3 Å². The third-order valence-corrected chi connectivity index (χ3v) is 6.31. The van der Waals surface area contributed by atoms with Gasteiger partial charge in [0, 0.05) is 23.7 Å². The van der Waals surface area contributed by atoms with E-state index < -0.39 is 17.9 Å². The van der Waals surface area contributed by atoms with Gasteiger partial charge in [0.2, 0.25) is 0 Å². The number of benzene rings is 3. The number of amides is 1. The average molecular weight is 513 g/mol. The number of halogens is 1. The van der Waals surface area contributed by atoms with Crippen LogP contribution in [0.3, 0.4) is 0 Å². The molecule has 8 heteroatoms. The lowest BCUT2D eigenvalue weighted by molar-refractivity contribution is 0.0689. The summed E-state index contributed by atoms with van der Waals surface area (Å²) >= 11 is 0. The molecule has 3 aromatic carbocycles. The Hall–Kier alpha value is -4.72. The summed E-state index contributed by atoms with van der Waals surface area (Å²) < 4.78 is 26.7. The van der Waals surface area contributed by atoms with E-state index in [1.54, 1.807) is 12.1 Å². The maximum absolute atomic E-state index is 15.8. The number of hydrogen-bond acceptors (Lipinski definition) is 5. The Labute approximate surface area is 218 Å². The van der Waals surface area contributed by atoms with Crippen molar-refractivity contribution in [2.24, 2.45) is 0 Å². The second-order valence-electron chi connectivity index (χ2n) is 8.88. The molecule has 7 nitrogen and oxygen atoms in total. The Balaban J connectivity index is 1.49. The van der Waals surface area contributed by atoms with Crippen molar-refractivity contribution >= 4 is 17.7 Å². The molecular weight excluding hydrogens is 487 g/mol. The molecule has 4 aromatic rings. The van der Waals surface area contributed by atoms with Gasteiger partial charge in [-0.25, -0.2) is 19.0 Å².